The average molecular weight is 278 g/mol. The van der Waals surface area contributed by atoms with Gasteiger partial charge in [0.2, 0.25) is 0 Å². The largest absolute Gasteiger partial charge is 0.480 e. The van der Waals surface area contributed by atoms with Gasteiger partial charge >= 0.3 is 5.97 Å². The number of rotatable bonds is 4. The number of aliphatic carboxylic acids is 1. The molecule has 2 N–H and O–H groups in total. The zero-order valence-corrected chi connectivity index (χ0v) is 11.6. The quantitative estimate of drug-likeness (QED) is 0.814. The van der Waals surface area contributed by atoms with Crippen LogP contribution in [0.3, 0.4) is 0 Å². The van der Waals surface area contributed by atoms with Crippen molar-refractivity contribution in [3.05, 3.63) is 23.5 Å². The predicted octanol–water partition coefficient (Wildman–Crippen LogP) is 1.35. The number of carboxylic acids is 1. The molecule has 108 valence electrons. The van der Waals surface area contributed by atoms with Crippen LogP contribution in [0.4, 0.5) is 0 Å². The highest BCUT2D eigenvalue weighted by molar-refractivity contribution is 6.01. The third kappa shape index (κ3) is 2.45. The Bertz CT molecular complexity index is 568. The number of hydrogen-bond acceptors (Lipinski definition) is 3. The summed E-state index contributed by atoms with van der Waals surface area (Å²) in [6.07, 6.45) is 4.03. The van der Waals surface area contributed by atoms with Gasteiger partial charge in [0.1, 0.15) is 11.2 Å². The summed E-state index contributed by atoms with van der Waals surface area (Å²) >= 11 is 0. The van der Waals surface area contributed by atoms with Crippen LogP contribution < -0.4 is 5.32 Å². The maximum absolute atomic E-state index is 12.3. The third-order valence-electron chi connectivity index (χ3n) is 3.86. The molecule has 0 aliphatic heterocycles. The number of carboxylic acid groups (broad SMARTS) is 1. The summed E-state index contributed by atoms with van der Waals surface area (Å²) in [6, 6.07) is 1.49. The van der Waals surface area contributed by atoms with Crippen molar-refractivity contribution in [3.63, 3.8) is 0 Å². The minimum atomic E-state index is -1.17. The second-order valence-electron chi connectivity index (χ2n) is 5.33. The summed E-state index contributed by atoms with van der Waals surface area (Å²) in [5.41, 5.74) is -0.436. The van der Waals surface area contributed by atoms with Crippen molar-refractivity contribution in [2.75, 3.05) is 0 Å². The molecule has 0 unspecified atom stereocenters. The lowest BCUT2D eigenvalue weighted by atomic mass is 9.97. The summed E-state index contributed by atoms with van der Waals surface area (Å²) in [5.74, 6) is -1.58. The number of Topliss-reactive ketones (excluding diaryl/α,β-unsaturated/α-hetero) is 1. The molecule has 0 bridgehead atoms. The first kappa shape index (κ1) is 14.3. The fourth-order valence-corrected chi connectivity index (χ4v) is 2.64. The van der Waals surface area contributed by atoms with E-state index in [-0.39, 0.29) is 5.78 Å². The summed E-state index contributed by atoms with van der Waals surface area (Å²) in [6.45, 7) is 1.42. The van der Waals surface area contributed by atoms with Crippen LogP contribution >= 0.6 is 0 Å². The van der Waals surface area contributed by atoms with Gasteiger partial charge in [-0.15, -0.1) is 0 Å². The lowest BCUT2D eigenvalue weighted by molar-refractivity contribution is -0.144. The second kappa shape index (κ2) is 5.11. The molecule has 1 fully saturated rings. The molecule has 0 atom stereocenters. The molecule has 1 aliphatic rings. The van der Waals surface area contributed by atoms with E-state index in [4.69, 9.17) is 0 Å². The number of hydrogen-bond donors (Lipinski definition) is 2. The molecule has 20 heavy (non-hydrogen) atoms. The Morgan fingerprint density at radius 2 is 1.90 bits per heavy atom. The Morgan fingerprint density at radius 1 is 1.30 bits per heavy atom. The third-order valence-corrected chi connectivity index (χ3v) is 3.86. The Morgan fingerprint density at radius 3 is 2.35 bits per heavy atom. The van der Waals surface area contributed by atoms with E-state index in [2.05, 4.69) is 5.32 Å². The maximum Gasteiger partial charge on any atom is 0.329 e. The van der Waals surface area contributed by atoms with Crippen molar-refractivity contribution in [1.29, 1.82) is 0 Å². The highest BCUT2D eigenvalue weighted by Crippen LogP contribution is 2.30. The topological polar surface area (TPSA) is 88.4 Å². The lowest BCUT2D eigenvalue weighted by Crippen LogP contribution is -2.52. The SMILES string of the molecule is CC(=O)c1cc(C(=O)NC2(C(=O)O)CCCC2)n(C)c1. The normalized spacial score (nSPS) is 16.9. The highest BCUT2D eigenvalue weighted by Gasteiger charge is 2.43. The fraction of sp³-hybridized carbons (Fsp3) is 0.500. The molecule has 2 rings (SSSR count). The average Bonchev–Trinajstić information content (AvgIpc) is 2.96. The number of nitrogens with one attached hydrogen (secondary N) is 1. The van der Waals surface area contributed by atoms with Crippen molar-refractivity contribution in [1.82, 2.24) is 9.88 Å². The number of ketones is 1. The number of carbonyl (C=O) groups excluding carboxylic acids is 2. The molecule has 0 spiro atoms. The first-order valence-electron chi connectivity index (χ1n) is 6.59. The van der Waals surface area contributed by atoms with Crippen LogP contribution in [0.5, 0.6) is 0 Å². The summed E-state index contributed by atoms with van der Waals surface area (Å²) in [5, 5.41) is 12.0. The van der Waals surface area contributed by atoms with Gasteiger partial charge < -0.3 is 15.0 Å². The number of nitrogens with zero attached hydrogens (tertiary/aromatic N) is 1. The molecule has 1 heterocycles. The molecule has 0 radical (unpaired) electrons. The van der Waals surface area contributed by atoms with Gasteiger partial charge in [0.25, 0.3) is 5.91 Å². The molecular formula is C14H18N2O4. The van der Waals surface area contributed by atoms with Gasteiger partial charge in [-0.05, 0) is 25.8 Å². The van der Waals surface area contributed by atoms with E-state index in [9.17, 15) is 19.5 Å². The molecule has 0 saturated heterocycles. The van der Waals surface area contributed by atoms with Crippen LogP contribution in [0.15, 0.2) is 12.3 Å². The Kier molecular flexibility index (Phi) is 3.65. The molecule has 6 heteroatoms. The van der Waals surface area contributed by atoms with Crippen LogP contribution in [0.25, 0.3) is 0 Å². The second-order valence-corrected chi connectivity index (χ2v) is 5.33. The van der Waals surface area contributed by atoms with Gasteiger partial charge in [0, 0.05) is 18.8 Å². The number of aryl methyl sites for hydroxylation is 1. The molecule has 1 aliphatic carbocycles. The smallest absolute Gasteiger partial charge is 0.329 e. The van der Waals surface area contributed by atoms with E-state index in [0.29, 0.717) is 24.1 Å². The molecule has 1 aromatic rings. The van der Waals surface area contributed by atoms with E-state index in [1.165, 1.54) is 17.6 Å². The van der Waals surface area contributed by atoms with E-state index >= 15 is 0 Å². The summed E-state index contributed by atoms with van der Waals surface area (Å²) in [7, 11) is 1.66. The monoisotopic (exact) mass is 278 g/mol. The van der Waals surface area contributed by atoms with Crippen LogP contribution in [-0.4, -0.2) is 32.9 Å². The van der Waals surface area contributed by atoms with Crippen LogP contribution in [0.1, 0.15) is 53.5 Å². The maximum atomic E-state index is 12.3. The first-order chi connectivity index (χ1) is 9.35. The van der Waals surface area contributed by atoms with Gasteiger partial charge in [-0.2, -0.15) is 0 Å². The molecular weight excluding hydrogens is 260 g/mol. The van der Waals surface area contributed by atoms with E-state index < -0.39 is 17.4 Å². The minimum Gasteiger partial charge on any atom is -0.480 e. The van der Waals surface area contributed by atoms with Crippen LogP contribution in [0.2, 0.25) is 0 Å². The Balaban J connectivity index is 2.23. The zero-order valence-electron chi connectivity index (χ0n) is 11.6. The number of amides is 1. The molecule has 6 nitrogen and oxygen atoms in total. The fourth-order valence-electron chi connectivity index (χ4n) is 2.64. The lowest BCUT2D eigenvalue weighted by Gasteiger charge is -2.25. The van der Waals surface area contributed by atoms with Crippen molar-refractivity contribution >= 4 is 17.7 Å². The standard InChI is InChI=1S/C14H18N2O4/c1-9(17)10-7-11(16(2)8-10)12(18)15-14(13(19)20)5-3-4-6-14/h7-8H,3-6H2,1-2H3,(H,15,18)(H,19,20). The predicted molar refractivity (Wildman–Crippen MR) is 71.7 cm³/mol. The van der Waals surface area contributed by atoms with Crippen molar-refractivity contribution in [3.8, 4) is 0 Å². The highest BCUT2D eigenvalue weighted by atomic mass is 16.4. The number of carbonyl (C=O) groups is 3. The van der Waals surface area contributed by atoms with Crippen LogP contribution in [0, 0.1) is 0 Å². The molecule has 0 aromatic carbocycles. The molecule has 1 amide bonds. The van der Waals surface area contributed by atoms with Crippen molar-refractivity contribution in [2.24, 2.45) is 7.05 Å². The molecule has 1 aromatic heterocycles. The van der Waals surface area contributed by atoms with Gasteiger partial charge in [-0.3, -0.25) is 9.59 Å². The van der Waals surface area contributed by atoms with E-state index in [1.807, 2.05) is 0 Å². The summed E-state index contributed by atoms with van der Waals surface area (Å²) in [4.78, 5) is 35.0. The Hall–Kier alpha value is -2.11. The van der Waals surface area contributed by atoms with Crippen molar-refractivity contribution < 1.29 is 19.5 Å². The van der Waals surface area contributed by atoms with Gasteiger partial charge in [0.15, 0.2) is 5.78 Å². The first-order valence-corrected chi connectivity index (χ1v) is 6.59. The van der Waals surface area contributed by atoms with Gasteiger partial charge in [-0.1, -0.05) is 12.8 Å². The minimum absolute atomic E-state index is 0.131. The van der Waals surface area contributed by atoms with Gasteiger partial charge in [-0.25, -0.2) is 4.79 Å². The zero-order chi connectivity index (χ0) is 14.9. The van der Waals surface area contributed by atoms with Crippen LogP contribution in [-0.2, 0) is 11.8 Å². The van der Waals surface area contributed by atoms with E-state index in [0.717, 1.165) is 12.8 Å². The summed E-state index contributed by atoms with van der Waals surface area (Å²) < 4.78 is 1.54. The Labute approximate surface area is 116 Å². The number of aromatic nitrogens is 1. The van der Waals surface area contributed by atoms with Crippen molar-refractivity contribution in [2.45, 2.75) is 38.1 Å². The van der Waals surface area contributed by atoms with E-state index in [1.54, 1.807) is 13.2 Å². The molecule has 1 saturated carbocycles. The van der Waals surface area contributed by atoms with Gasteiger partial charge in [0.05, 0.1) is 0 Å².